The zero-order valence-electron chi connectivity index (χ0n) is 5.62. The number of nitrogens with zero attached hydrogens (tertiary/aromatic N) is 1. The Morgan fingerprint density at radius 2 is 2.50 bits per heavy atom. The van der Waals surface area contributed by atoms with Crippen LogP contribution in [-0.2, 0) is 9.59 Å². The molecule has 1 heterocycles. The minimum absolute atomic E-state index is 0.0156. The summed E-state index contributed by atoms with van der Waals surface area (Å²) in [6.45, 7) is 1.21. The van der Waals surface area contributed by atoms with Crippen LogP contribution in [0, 0.1) is 0 Å². The second-order valence-electron chi connectivity index (χ2n) is 2.14. The SMILES string of the molecule is O=CCCN1CC=CC1=O. The van der Waals surface area contributed by atoms with Gasteiger partial charge in [0, 0.05) is 25.6 Å². The van der Waals surface area contributed by atoms with Gasteiger partial charge in [-0.2, -0.15) is 0 Å². The van der Waals surface area contributed by atoms with E-state index in [-0.39, 0.29) is 5.91 Å². The second-order valence-corrected chi connectivity index (χ2v) is 2.14. The van der Waals surface area contributed by atoms with Gasteiger partial charge in [0.25, 0.3) is 0 Å². The molecule has 0 aliphatic carbocycles. The van der Waals surface area contributed by atoms with Crippen molar-refractivity contribution in [1.82, 2.24) is 4.90 Å². The average molecular weight is 139 g/mol. The number of aldehydes is 1. The Balaban J connectivity index is 2.30. The van der Waals surface area contributed by atoms with E-state index in [9.17, 15) is 9.59 Å². The molecule has 0 aromatic rings. The summed E-state index contributed by atoms with van der Waals surface area (Å²) in [5, 5.41) is 0. The Labute approximate surface area is 59.3 Å². The van der Waals surface area contributed by atoms with Crippen LogP contribution in [0.3, 0.4) is 0 Å². The number of hydrogen-bond acceptors (Lipinski definition) is 2. The van der Waals surface area contributed by atoms with Gasteiger partial charge < -0.3 is 9.69 Å². The van der Waals surface area contributed by atoms with Gasteiger partial charge in [-0.05, 0) is 0 Å². The smallest absolute Gasteiger partial charge is 0.246 e. The van der Waals surface area contributed by atoms with E-state index in [0.717, 1.165) is 6.29 Å². The Morgan fingerprint density at radius 1 is 1.70 bits per heavy atom. The van der Waals surface area contributed by atoms with Crippen LogP contribution in [0.1, 0.15) is 6.42 Å². The Morgan fingerprint density at radius 3 is 3.00 bits per heavy atom. The third-order valence-electron chi connectivity index (χ3n) is 1.41. The molecule has 1 rings (SSSR count). The van der Waals surface area contributed by atoms with Crippen LogP contribution in [0.4, 0.5) is 0 Å². The Hall–Kier alpha value is -1.12. The third kappa shape index (κ3) is 1.43. The number of hydrogen-bond donors (Lipinski definition) is 0. The van der Waals surface area contributed by atoms with Crippen molar-refractivity contribution in [2.75, 3.05) is 13.1 Å². The van der Waals surface area contributed by atoms with Gasteiger partial charge in [0.1, 0.15) is 6.29 Å². The largest absolute Gasteiger partial charge is 0.335 e. The van der Waals surface area contributed by atoms with Crippen LogP contribution in [0.5, 0.6) is 0 Å². The molecular formula is C7H9NO2. The fraction of sp³-hybridized carbons (Fsp3) is 0.429. The summed E-state index contributed by atoms with van der Waals surface area (Å²) >= 11 is 0. The third-order valence-corrected chi connectivity index (χ3v) is 1.41. The maximum atomic E-state index is 10.8. The van der Waals surface area contributed by atoms with Crippen LogP contribution >= 0.6 is 0 Å². The molecule has 0 saturated heterocycles. The van der Waals surface area contributed by atoms with Crippen LogP contribution in [-0.4, -0.2) is 30.2 Å². The summed E-state index contributed by atoms with van der Waals surface area (Å²) < 4.78 is 0. The molecule has 3 heteroatoms. The quantitative estimate of drug-likeness (QED) is 0.515. The lowest BCUT2D eigenvalue weighted by molar-refractivity contribution is -0.124. The number of amides is 1. The molecule has 1 aliphatic rings. The second kappa shape index (κ2) is 3.15. The molecule has 0 bridgehead atoms. The van der Waals surface area contributed by atoms with E-state index in [2.05, 4.69) is 0 Å². The standard InChI is InChI=1S/C7H9NO2/c9-6-2-5-8-4-1-3-7(8)10/h1,3,6H,2,4-5H2. The summed E-state index contributed by atoms with van der Waals surface area (Å²) in [6.07, 6.45) is 4.59. The van der Waals surface area contributed by atoms with E-state index in [1.54, 1.807) is 11.0 Å². The summed E-state index contributed by atoms with van der Waals surface area (Å²) in [6, 6.07) is 0. The van der Waals surface area contributed by atoms with Crippen molar-refractivity contribution in [1.29, 1.82) is 0 Å². The average Bonchev–Trinajstić information content (AvgIpc) is 2.31. The van der Waals surface area contributed by atoms with E-state index in [1.165, 1.54) is 6.08 Å². The lowest BCUT2D eigenvalue weighted by atomic mass is 10.4. The highest BCUT2D eigenvalue weighted by Crippen LogP contribution is 2.00. The molecule has 0 unspecified atom stereocenters. The van der Waals surface area contributed by atoms with E-state index < -0.39 is 0 Å². The highest BCUT2D eigenvalue weighted by atomic mass is 16.2. The maximum Gasteiger partial charge on any atom is 0.246 e. The van der Waals surface area contributed by atoms with Crippen molar-refractivity contribution in [2.24, 2.45) is 0 Å². The fourth-order valence-electron chi connectivity index (χ4n) is 0.886. The number of rotatable bonds is 3. The van der Waals surface area contributed by atoms with Gasteiger partial charge in [0.15, 0.2) is 0 Å². The first-order valence-corrected chi connectivity index (χ1v) is 3.23. The molecule has 1 aliphatic heterocycles. The van der Waals surface area contributed by atoms with Crippen molar-refractivity contribution < 1.29 is 9.59 Å². The summed E-state index contributed by atoms with van der Waals surface area (Å²) in [7, 11) is 0. The first-order chi connectivity index (χ1) is 4.84. The number of carbonyl (C=O) groups is 2. The lowest BCUT2D eigenvalue weighted by Gasteiger charge is -2.12. The van der Waals surface area contributed by atoms with Gasteiger partial charge in [-0.15, -0.1) is 0 Å². The molecule has 54 valence electrons. The van der Waals surface area contributed by atoms with Crippen LogP contribution in [0.15, 0.2) is 12.2 Å². The Bertz CT molecular complexity index is 174. The van der Waals surface area contributed by atoms with E-state index >= 15 is 0 Å². The predicted octanol–water partition coefficient (Wildman–Crippen LogP) is -0.0262. The zero-order valence-corrected chi connectivity index (χ0v) is 5.62. The maximum absolute atomic E-state index is 10.8. The van der Waals surface area contributed by atoms with Crippen LogP contribution in [0.2, 0.25) is 0 Å². The molecule has 0 aromatic carbocycles. The van der Waals surface area contributed by atoms with Gasteiger partial charge in [-0.1, -0.05) is 6.08 Å². The van der Waals surface area contributed by atoms with Gasteiger partial charge >= 0.3 is 0 Å². The molecule has 0 fully saturated rings. The van der Waals surface area contributed by atoms with Gasteiger partial charge in [-0.3, -0.25) is 4.79 Å². The molecule has 0 aromatic heterocycles. The molecule has 0 N–H and O–H groups in total. The first kappa shape index (κ1) is 6.99. The zero-order chi connectivity index (χ0) is 7.40. The van der Waals surface area contributed by atoms with E-state index in [4.69, 9.17) is 0 Å². The molecule has 10 heavy (non-hydrogen) atoms. The summed E-state index contributed by atoms with van der Waals surface area (Å²) in [5.41, 5.74) is 0. The topological polar surface area (TPSA) is 37.4 Å². The van der Waals surface area contributed by atoms with Crippen LogP contribution in [0.25, 0.3) is 0 Å². The minimum Gasteiger partial charge on any atom is -0.335 e. The molecule has 0 atom stereocenters. The molecular weight excluding hydrogens is 130 g/mol. The first-order valence-electron chi connectivity index (χ1n) is 3.23. The highest BCUT2D eigenvalue weighted by molar-refractivity contribution is 5.90. The monoisotopic (exact) mass is 139 g/mol. The summed E-state index contributed by atoms with van der Waals surface area (Å²) in [5.74, 6) is 0.0156. The normalized spacial score (nSPS) is 16.4. The molecule has 3 nitrogen and oxygen atoms in total. The van der Waals surface area contributed by atoms with Gasteiger partial charge in [0.05, 0.1) is 0 Å². The molecule has 0 radical (unpaired) electrons. The van der Waals surface area contributed by atoms with Crippen molar-refractivity contribution >= 4 is 12.2 Å². The van der Waals surface area contributed by atoms with Crippen molar-refractivity contribution in [3.05, 3.63) is 12.2 Å². The predicted molar refractivity (Wildman–Crippen MR) is 36.4 cm³/mol. The lowest BCUT2D eigenvalue weighted by Crippen LogP contribution is -2.26. The van der Waals surface area contributed by atoms with Crippen molar-refractivity contribution in [2.45, 2.75) is 6.42 Å². The fourth-order valence-corrected chi connectivity index (χ4v) is 0.886. The van der Waals surface area contributed by atoms with Crippen molar-refractivity contribution in [3.8, 4) is 0 Å². The summed E-state index contributed by atoms with van der Waals surface area (Å²) in [4.78, 5) is 22.3. The van der Waals surface area contributed by atoms with Crippen LogP contribution < -0.4 is 0 Å². The molecule has 0 spiro atoms. The number of carbonyl (C=O) groups excluding carboxylic acids is 2. The van der Waals surface area contributed by atoms with E-state index in [1.807, 2.05) is 0 Å². The van der Waals surface area contributed by atoms with Gasteiger partial charge in [0.2, 0.25) is 5.91 Å². The minimum atomic E-state index is 0.0156. The van der Waals surface area contributed by atoms with E-state index in [0.29, 0.717) is 19.5 Å². The highest BCUT2D eigenvalue weighted by Gasteiger charge is 2.12. The molecule has 1 amide bonds. The molecule has 0 saturated carbocycles. The Kier molecular flexibility index (Phi) is 2.20. The van der Waals surface area contributed by atoms with Crippen molar-refractivity contribution in [3.63, 3.8) is 0 Å². The van der Waals surface area contributed by atoms with Gasteiger partial charge in [-0.25, -0.2) is 0 Å².